The molecule has 70 heavy (non-hydrogen) atoms. The van der Waals surface area contributed by atoms with Gasteiger partial charge in [0.2, 0.25) is 0 Å². The minimum atomic E-state index is 0.625. The Labute approximate surface area is 402 Å². The second kappa shape index (κ2) is 16.0. The molecule has 0 fully saturated rings. The number of nitrogens with zero attached hydrogens (tertiary/aromatic N) is 7. The lowest BCUT2D eigenvalue weighted by atomic mass is 10.0. The minimum absolute atomic E-state index is 0.625. The lowest BCUT2D eigenvalue weighted by molar-refractivity contribution is 1.07. The summed E-state index contributed by atoms with van der Waals surface area (Å²) in [5.74, 6) is 2.60. The molecule has 7 heteroatoms. The first kappa shape index (κ1) is 39.6. The van der Waals surface area contributed by atoms with Gasteiger partial charge in [-0.1, -0.05) is 152 Å². The molecule has 0 aliphatic carbocycles. The molecular formula is C63H39N7. The fraction of sp³-hybridized carbons (Fsp3) is 0. The van der Waals surface area contributed by atoms with E-state index in [2.05, 4.69) is 179 Å². The molecule has 10 aromatic carbocycles. The van der Waals surface area contributed by atoms with Crippen LogP contribution in [0.5, 0.6) is 0 Å². The molecule has 0 radical (unpaired) electrons. The van der Waals surface area contributed by atoms with Crippen molar-refractivity contribution in [3.05, 3.63) is 237 Å². The monoisotopic (exact) mass is 893 g/mol. The molecule has 4 aromatic heterocycles. The van der Waals surface area contributed by atoms with Crippen LogP contribution in [0.4, 0.5) is 0 Å². The molecule has 7 nitrogen and oxygen atoms in total. The molecule has 0 amide bonds. The minimum Gasteiger partial charge on any atom is -0.309 e. The number of hydrogen-bond donors (Lipinski definition) is 0. The topological polar surface area (TPSA) is 74.3 Å². The summed E-state index contributed by atoms with van der Waals surface area (Å²) in [5, 5.41) is 8.24. The van der Waals surface area contributed by atoms with Crippen molar-refractivity contribution >= 4 is 65.3 Å². The van der Waals surface area contributed by atoms with E-state index >= 15 is 0 Å². The van der Waals surface area contributed by atoms with Crippen LogP contribution in [0, 0.1) is 0 Å². The summed E-state index contributed by atoms with van der Waals surface area (Å²) < 4.78 is 4.77. The van der Waals surface area contributed by atoms with Gasteiger partial charge in [0.25, 0.3) is 0 Å². The highest BCUT2D eigenvalue weighted by Crippen LogP contribution is 2.43. The van der Waals surface area contributed by atoms with Crippen molar-refractivity contribution in [2.24, 2.45) is 0 Å². The fourth-order valence-electron chi connectivity index (χ4n) is 10.3. The van der Waals surface area contributed by atoms with Crippen molar-refractivity contribution in [2.75, 3.05) is 0 Å². The Kier molecular flexibility index (Phi) is 9.07. The summed E-state index contributed by atoms with van der Waals surface area (Å²) in [7, 11) is 0. The molecular weight excluding hydrogens is 855 g/mol. The molecule has 326 valence electrons. The summed E-state index contributed by atoms with van der Waals surface area (Å²) in [6.45, 7) is 0. The third-order valence-electron chi connectivity index (χ3n) is 13.6. The zero-order valence-electron chi connectivity index (χ0n) is 37.6. The van der Waals surface area contributed by atoms with E-state index in [0.717, 1.165) is 77.9 Å². The molecule has 14 rings (SSSR count). The van der Waals surface area contributed by atoms with Gasteiger partial charge in [-0.05, 0) is 95.7 Å². The first-order valence-electron chi connectivity index (χ1n) is 23.5. The van der Waals surface area contributed by atoms with Gasteiger partial charge in [-0.25, -0.2) is 24.9 Å². The van der Waals surface area contributed by atoms with Gasteiger partial charge in [0, 0.05) is 66.1 Å². The lowest BCUT2D eigenvalue weighted by Gasteiger charge is -2.12. The zero-order valence-corrected chi connectivity index (χ0v) is 37.6. The molecule has 4 heterocycles. The SMILES string of the molecule is c1ccc(-c2nc(-c3ccccc3)nc(-c3ccc(-n4c5ccccc5c5c6c7ccccc7n(-c7ccc(-c8nc(-c9ccc%10ccccc%10c9)c9ccccc9n8)cc7)c6ccc54)cc3)n2)cc1. The van der Waals surface area contributed by atoms with Gasteiger partial charge < -0.3 is 9.13 Å². The Morgan fingerprint density at radius 3 is 1.21 bits per heavy atom. The third kappa shape index (κ3) is 6.48. The van der Waals surface area contributed by atoms with Gasteiger partial charge in [0.1, 0.15) is 0 Å². The Balaban J connectivity index is 0.878. The highest BCUT2D eigenvalue weighted by Gasteiger charge is 2.21. The van der Waals surface area contributed by atoms with E-state index in [9.17, 15) is 0 Å². The Bertz CT molecular complexity index is 4270. The maximum atomic E-state index is 5.25. The van der Waals surface area contributed by atoms with Crippen LogP contribution in [-0.2, 0) is 0 Å². The van der Waals surface area contributed by atoms with Crippen LogP contribution in [0.25, 0.3) is 133 Å². The van der Waals surface area contributed by atoms with Crippen LogP contribution >= 0.6 is 0 Å². The van der Waals surface area contributed by atoms with Crippen molar-refractivity contribution in [1.29, 1.82) is 0 Å². The molecule has 0 N–H and O–H groups in total. The maximum Gasteiger partial charge on any atom is 0.164 e. The zero-order chi connectivity index (χ0) is 46.1. The van der Waals surface area contributed by atoms with Crippen molar-refractivity contribution in [3.63, 3.8) is 0 Å². The van der Waals surface area contributed by atoms with Gasteiger partial charge in [-0.15, -0.1) is 0 Å². The fourth-order valence-corrected chi connectivity index (χ4v) is 10.3. The van der Waals surface area contributed by atoms with E-state index in [1.807, 2.05) is 66.7 Å². The van der Waals surface area contributed by atoms with E-state index in [1.165, 1.54) is 32.3 Å². The highest BCUT2D eigenvalue weighted by atomic mass is 15.0. The number of rotatable bonds is 7. The normalized spacial score (nSPS) is 11.7. The maximum absolute atomic E-state index is 5.25. The van der Waals surface area contributed by atoms with E-state index in [-0.39, 0.29) is 0 Å². The smallest absolute Gasteiger partial charge is 0.164 e. The van der Waals surface area contributed by atoms with E-state index in [4.69, 9.17) is 24.9 Å². The van der Waals surface area contributed by atoms with Crippen LogP contribution < -0.4 is 0 Å². The highest BCUT2D eigenvalue weighted by molar-refractivity contribution is 6.29. The summed E-state index contributed by atoms with van der Waals surface area (Å²) in [6, 6.07) is 82.8. The number of hydrogen-bond acceptors (Lipinski definition) is 5. The molecule has 0 spiro atoms. The Hall–Kier alpha value is -9.59. The summed E-state index contributed by atoms with van der Waals surface area (Å²) in [6.07, 6.45) is 0. The van der Waals surface area contributed by atoms with Gasteiger partial charge in [-0.2, -0.15) is 0 Å². The van der Waals surface area contributed by atoms with Crippen LogP contribution in [0.2, 0.25) is 0 Å². The first-order chi connectivity index (χ1) is 34.7. The lowest BCUT2D eigenvalue weighted by Crippen LogP contribution is -2.00. The number of aromatic nitrogens is 7. The van der Waals surface area contributed by atoms with Crippen LogP contribution in [-0.4, -0.2) is 34.1 Å². The molecule has 0 aliphatic rings. The molecule has 0 atom stereocenters. The molecule has 0 aliphatic heterocycles. The van der Waals surface area contributed by atoms with Gasteiger partial charge >= 0.3 is 0 Å². The quantitative estimate of drug-likeness (QED) is 0.159. The van der Waals surface area contributed by atoms with E-state index < -0.39 is 0 Å². The number of fused-ring (bicyclic) bond motifs is 9. The van der Waals surface area contributed by atoms with Gasteiger partial charge in [0.05, 0.1) is 33.3 Å². The standard InChI is InChI=1S/C63H39N7/c1-3-16-41(17-4-1)61-66-62(42-18-5-2-6-19-42)68-63(67-61)44-31-35-48(36-32-44)70-54-26-14-11-23-51(54)58-56(70)38-37-55-57(58)50-22-10-13-25-53(50)69(55)47-33-29-43(30-34-47)60-64-52-24-12-9-21-49(52)59(65-60)46-28-27-40-15-7-8-20-45(40)39-46/h1-39H. The van der Waals surface area contributed by atoms with Crippen molar-refractivity contribution in [3.8, 4) is 68.2 Å². The molecule has 14 aromatic rings. The molecule has 0 unspecified atom stereocenters. The number of para-hydroxylation sites is 3. The second-order valence-corrected chi connectivity index (χ2v) is 17.7. The third-order valence-corrected chi connectivity index (χ3v) is 13.6. The van der Waals surface area contributed by atoms with Crippen molar-refractivity contribution in [2.45, 2.75) is 0 Å². The average Bonchev–Trinajstić information content (AvgIpc) is 3.96. The molecule has 0 saturated heterocycles. The number of benzene rings is 10. The predicted octanol–water partition coefficient (Wildman–Crippen LogP) is 15.5. The van der Waals surface area contributed by atoms with Crippen LogP contribution in [0.1, 0.15) is 0 Å². The van der Waals surface area contributed by atoms with Crippen LogP contribution in [0.3, 0.4) is 0 Å². The summed E-state index contributed by atoms with van der Waals surface area (Å²) >= 11 is 0. The first-order valence-corrected chi connectivity index (χ1v) is 23.5. The largest absolute Gasteiger partial charge is 0.309 e. The molecule has 0 saturated carbocycles. The summed E-state index contributed by atoms with van der Waals surface area (Å²) in [5.41, 5.74) is 13.3. The van der Waals surface area contributed by atoms with E-state index in [1.54, 1.807) is 0 Å². The van der Waals surface area contributed by atoms with Gasteiger partial charge in [-0.3, -0.25) is 0 Å². The van der Waals surface area contributed by atoms with E-state index in [0.29, 0.717) is 23.3 Å². The summed E-state index contributed by atoms with van der Waals surface area (Å²) in [4.78, 5) is 25.3. The predicted molar refractivity (Wildman–Crippen MR) is 286 cm³/mol. The Morgan fingerprint density at radius 1 is 0.257 bits per heavy atom. The van der Waals surface area contributed by atoms with Crippen molar-refractivity contribution in [1.82, 2.24) is 34.1 Å². The molecule has 0 bridgehead atoms. The van der Waals surface area contributed by atoms with Crippen LogP contribution in [0.15, 0.2) is 237 Å². The second-order valence-electron chi connectivity index (χ2n) is 17.7. The average molecular weight is 894 g/mol. The van der Waals surface area contributed by atoms with Gasteiger partial charge in [0.15, 0.2) is 23.3 Å². The van der Waals surface area contributed by atoms with Crippen molar-refractivity contribution < 1.29 is 0 Å². The Morgan fingerprint density at radius 2 is 0.671 bits per heavy atom.